The van der Waals surface area contributed by atoms with Crippen LogP contribution >= 0.6 is 0 Å². The number of nitrogens with two attached hydrogens (primary N) is 1. The van der Waals surface area contributed by atoms with Gasteiger partial charge in [-0.1, -0.05) is 12.1 Å². The summed E-state index contributed by atoms with van der Waals surface area (Å²) in [5.74, 6) is -0.273. The number of anilines is 2. The van der Waals surface area contributed by atoms with E-state index in [0.717, 1.165) is 11.3 Å². The minimum Gasteiger partial charge on any atom is -0.399 e. The summed E-state index contributed by atoms with van der Waals surface area (Å²) < 4.78 is 12.9. The van der Waals surface area contributed by atoms with Gasteiger partial charge in [-0.3, -0.25) is 4.79 Å². The average molecular weight is 286 g/mol. The summed E-state index contributed by atoms with van der Waals surface area (Å²) in [6, 6.07) is 13.5. The van der Waals surface area contributed by atoms with E-state index < -0.39 is 0 Å². The lowest BCUT2D eigenvalue weighted by atomic mass is 10.1. The SMILES string of the molecule is CCN(C(=O)CCc1ccc(N)cc1)c1ccc(F)cc1. The van der Waals surface area contributed by atoms with Crippen molar-refractivity contribution in [2.24, 2.45) is 0 Å². The van der Waals surface area contributed by atoms with Gasteiger partial charge in [0.15, 0.2) is 0 Å². The lowest BCUT2D eigenvalue weighted by Gasteiger charge is -2.21. The molecule has 0 saturated carbocycles. The predicted molar refractivity (Wildman–Crippen MR) is 83.6 cm³/mol. The van der Waals surface area contributed by atoms with E-state index >= 15 is 0 Å². The predicted octanol–water partition coefficient (Wildman–Crippen LogP) is 3.39. The molecule has 4 heteroatoms. The molecule has 2 N–H and O–H groups in total. The molecule has 0 bridgehead atoms. The number of carbonyl (C=O) groups is 1. The highest BCUT2D eigenvalue weighted by Gasteiger charge is 2.13. The molecule has 0 aliphatic rings. The number of nitrogen functional groups attached to an aromatic ring is 1. The van der Waals surface area contributed by atoms with E-state index in [1.54, 1.807) is 17.0 Å². The molecule has 110 valence electrons. The van der Waals surface area contributed by atoms with Crippen LogP contribution in [0.2, 0.25) is 0 Å². The average Bonchev–Trinajstić information content (AvgIpc) is 2.49. The van der Waals surface area contributed by atoms with Gasteiger partial charge in [-0.2, -0.15) is 0 Å². The van der Waals surface area contributed by atoms with Gasteiger partial charge in [-0.15, -0.1) is 0 Å². The van der Waals surface area contributed by atoms with Crippen molar-refractivity contribution in [1.29, 1.82) is 0 Å². The van der Waals surface area contributed by atoms with Crippen LogP contribution in [0.25, 0.3) is 0 Å². The molecule has 0 unspecified atom stereocenters. The van der Waals surface area contributed by atoms with Gasteiger partial charge in [-0.25, -0.2) is 4.39 Å². The van der Waals surface area contributed by atoms with Crippen molar-refractivity contribution in [3.8, 4) is 0 Å². The van der Waals surface area contributed by atoms with Crippen molar-refractivity contribution in [2.75, 3.05) is 17.2 Å². The number of carbonyl (C=O) groups excluding carboxylic acids is 1. The highest BCUT2D eigenvalue weighted by atomic mass is 19.1. The lowest BCUT2D eigenvalue weighted by molar-refractivity contribution is -0.118. The highest BCUT2D eigenvalue weighted by Crippen LogP contribution is 2.17. The zero-order valence-corrected chi connectivity index (χ0v) is 12.1. The Balaban J connectivity index is 2.00. The van der Waals surface area contributed by atoms with Gasteiger partial charge in [0.2, 0.25) is 5.91 Å². The van der Waals surface area contributed by atoms with Crippen molar-refractivity contribution in [1.82, 2.24) is 0 Å². The molecule has 0 atom stereocenters. The number of benzene rings is 2. The molecule has 0 spiro atoms. The second-order valence-electron chi connectivity index (χ2n) is 4.86. The third-order valence-electron chi connectivity index (χ3n) is 3.36. The lowest BCUT2D eigenvalue weighted by Crippen LogP contribution is -2.30. The van der Waals surface area contributed by atoms with Crippen LogP contribution in [-0.2, 0) is 11.2 Å². The third-order valence-corrected chi connectivity index (χ3v) is 3.36. The monoisotopic (exact) mass is 286 g/mol. The van der Waals surface area contributed by atoms with Gasteiger partial charge < -0.3 is 10.6 Å². The van der Waals surface area contributed by atoms with Crippen LogP contribution in [0.1, 0.15) is 18.9 Å². The van der Waals surface area contributed by atoms with Gasteiger partial charge >= 0.3 is 0 Å². The van der Waals surface area contributed by atoms with Crippen LogP contribution in [0.3, 0.4) is 0 Å². The van der Waals surface area contributed by atoms with E-state index in [9.17, 15) is 9.18 Å². The second-order valence-corrected chi connectivity index (χ2v) is 4.86. The molecule has 2 aromatic carbocycles. The Morgan fingerprint density at radius 2 is 1.71 bits per heavy atom. The third kappa shape index (κ3) is 4.05. The van der Waals surface area contributed by atoms with Crippen molar-refractivity contribution < 1.29 is 9.18 Å². The molecule has 0 aliphatic carbocycles. The number of aryl methyl sites for hydroxylation is 1. The van der Waals surface area contributed by atoms with Gasteiger partial charge in [0.1, 0.15) is 5.82 Å². The van der Waals surface area contributed by atoms with Crippen molar-refractivity contribution in [3.63, 3.8) is 0 Å². The molecule has 0 aliphatic heterocycles. The molecule has 2 aromatic rings. The van der Waals surface area contributed by atoms with Crippen molar-refractivity contribution >= 4 is 17.3 Å². The first-order valence-corrected chi connectivity index (χ1v) is 7.00. The fraction of sp³-hybridized carbons (Fsp3) is 0.235. The van der Waals surface area contributed by atoms with Crippen LogP contribution in [0.4, 0.5) is 15.8 Å². The fourth-order valence-electron chi connectivity index (χ4n) is 2.19. The summed E-state index contributed by atoms with van der Waals surface area (Å²) in [4.78, 5) is 14.0. The number of halogens is 1. The Labute approximate surface area is 124 Å². The largest absolute Gasteiger partial charge is 0.399 e. The van der Waals surface area contributed by atoms with E-state index in [1.807, 2.05) is 31.2 Å². The summed E-state index contributed by atoms with van der Waals surface area (Å²) in [5, 5.41) is 0. The number of amides is 1. The van der Waals surface area contributed by atoms with Crippen molar-refractivity contribution in [3.05, 3.63) is 59.9 Å². The Morgan fingerprint density at radius 1 is 1.10 bits per heavy atom. The minimum atomic E-state index is -0.302. The van der Waals surface area contributed by atoms with Crippen LogP contribution in [0.5, 0.6) is 0 Å². The zero-order valence-electron chi connectivity index (χ0n) is 12.1. The maximum Gasteiger partial charge on any atom is 0.227 e. The maximum atomic E-state index is 12.9. The van der Waals surface area contributed by atoms with Gasteiger partial charge in [0, 0.05) is 24.3 Å². The van der Waals surface area contributed by atoms with E-state index in [2.05, 4.69) is 0 Å². The maximum absolute atomic E-state index is 12.9. The van der Waals surface area contributed by atoms with E-state index in [1.165, 1.54) is 12.1 Å². The van der Waals surface area contributed by atoms with Crippen LogP contribution in [0.15, 0.2) is 48.5 Å². The zero-order chi connectivity index (χ0) is 15.2. The number of nitrogens with zero attached hydrogens (tertiary/aromatic N) is 1. The summed E-state index contributed by atoms with van der Waals surface area (Å²) in [7, 11) is 0. The topological polar surface area (TPSA) is 46.3 Å². The van der Waals surface area contributed by atoms with E-state index in [-0.39, 0.29) is 11.7 Å². The summed E-state index contributed by atoms with van der Waals surface area (Å²) >= 11 is 0. The minimum absolute atomic E-state index is 0.0286. The van der Waals surface area contributed by atoms with Crippen LogP contribution in [0, 0.1) is 5.82 Å². The Hall–Kier alpha value is -2.36. The normalized spacial score (nSPS) is 10.4. The molecule has 3 nitrogen and oxygen atoms in total. The molecule has 0 saturated heterocycles. The van der Waals surface area contributed by atoms with Gasteiger partial charge in [0.25, 0.3) is 0 Å². The molecule has 0 heterocycles. The molecule has 0 radical (unpaired) electrons. The second kappa shape index (κ2) is 6.88. The number of hydrogen-bond acceptors (Lipinski definition) is 2. The Morgan fingerprint density at radius 3 is 2.29 bits per heavy atom. The highest BCUT2D eigenvalue weighted by molar-refractivity contribution is 5.93. The quantitative estimate of drug-likeness (QED) is 0.856. The van der Waals surface area contributed by atoms with E-state index in [4.69, 9.17) is 5.73 Å². The summed E-state index contributed by atoms with van der Waals surface area (Å²) in [6.07, 6.45) is 1.08. The van der Waals surface area contributed by atoms with Gasteiger partial charge in [0.05, 0.1) is 0 Å². The van der Waals surface area contributed by atoms with Crippen LogP contribution in [-0.4, -0.2) is 12.5 Å². The first-order chi connectivity index (χ1) is 10.1. The molecule has 21 heavy (non-hydrogen) atoms. The summed E-state index contributed by atoms with van der Waals surface area (Å²) in [6.45, 7) is 2.47. The summed E-state index contributed by atoms with van der Waals surface area (Å²) in [5.41, 5.74) is 8.15. The van der Waals surface area contributed by atoms with Crippen LogP contribution < -0.4 is 10.6 Å². The molecule has 0 aromatic heterocycles. The number of hydrogen-bond donors (Lipinski definition) is 1. The van der Waals surface area contributed by atoms with Crippen molar-refractivity contribution in [2.45, 2.75) is 19.8 Å². The number of rotatable bonds is 5. The standard InChI is InChI=1S/C17H19FN2O/c1-2-20(16-10-6-14(18)7-11-16)17(21)12-5-13-3-8-15(19)9-4-13/h3-4,6-11H,2,5,12,19H2,1H3. The Bertz CT molecular complexity index is 593. The first kappa shape index (κ1) is 15.0. The molecular weight excluding hydrogens is 267 g/mol. The Kier molecular flexibility index (Phi) is 4.93. The smallest absolute Gasteiger partial charge is 0.227 e. The first-order valence-electron chi connectivity index (χ1n) is 7.00. The van der Waals surface area contributed by atoms with E-state index in [0.29, 0.717) is 25.1 Å². The molecule has 1 amide bonds. The fourth-order valence-corrected chi connectivity index (χ4v) is 2.19. The van der Waals surface area contributed by atoms with Gasteiger partial charge in [-0.05, 0) is 55.3 Å². The molecule has 0 fully saturated rings. The molecule has 2 rings (SSSR count). The molecular formula is C17H19FN2O.